The van der Waals surface area contributed by atoms with E-state index in [9.17, 15) is 0 Å². The van der Waals surface area contributed by atoms with Crippen LogP contribution in [0.1, 0.15) is 42.3 Å². The first kappa shape index (κ1) is 12.4. The van der Waals surface area contributed by atoms with E-state index < -0.39 is 0 Å². The third-order valence-corrected chi connectivity index (χ3v) is 4.09. The van der Waals surface area contributed by atoms with Crippen molar-refractivity contribution in [3.8, 4) is 0 Å². The average Bonchev–Trinajstić information content (AvgIpc) is 3.02. The Hall–Kier alpha value is -1.62. The Morgan fingerprint density at radius 1 is 1.37 bits per heavy atom. The van der Waals surface area contributed by atoms with Crippen LogP contribution in [0.2, 0.25) is 0 Å². The lowest BCUT2D eigenvalue weighted by Crippen LogP contribution is -2.28. The van der Waals surface area contributed by atoms with E-state index in [1.807, 2.05) is 30.5 Å². The van der Waals surface area contributed by atoms with Crippen molar-refractivity contribution < 1.29 is 0 Å². The predicted octanol–water partition coefficient (Wildman–Crippen LogP) is 1.79. The summed E-state index contributed by atoms with van der Waals surface area (Å²) < 4.78 is 4.16. The number of piperidine rings is 1. The molecule has 0 saturated carbocycles. The van der Waals surface area contributed by atoms with Crippen molar-refractivity contribution in [1.29, 1.82) is 0 Å². The van der Waals surface area contributed by atoms with E-state index in [4.69, 9.17) is 0 Å². The van der Waals surface area contributed by atoms with Crippen LogP contribution >= 0.6 is 0 Å². The molecule has 1 fully saturated rings. The quantitative estimate of drug-likeness (QED) is 0.914. The van der Waals surface area contributed by atoms with Crippen LogP contribution in [0.4, 0.5) is 0 Å². The smallest absolute Gasteiger partial charge is 0.0951 e. The Morgan fingerprint density at radius 2 is 2.26 bits per heavy atom. The number of nitrogens with zero attached hydrogens (tertiary/aromatic N) is 4. The van der Waals surface area contributed by atoms with Crippen molar-refractivity contribution in [2.75, 3.05) is 6.54 Å². The standard InChI is InChI=1S/C14H21N5/c1-11-12(7-17-18(11)2)9-19-10-15-8-14(19)13-5-3-4-6-16-13/h7-8,10,13,16H,3-6,9H2,1-2H3. The second-order valence-electron chi connectivity index (χ2n) is 5.33. The van der Waals surface area contributed by atoms with Gasteiger partial charge in [0.25, 0.3) is 0 Å². The van der Waals surface area contributed by atoms with Crippen molar-refractivity contribution in [1.82, 2.24) is 24.6 Å². The number of aromatic nitrogens is 4. The fourth-order valence-electron chi connectivity index (χ4n) is 2.74. The molecule has 19 heavy (non-hydrogen) atoms. The summed E-state index contributed by atoms with van der Waals surface area (Å²) >= 11 is 0. The first-order chi connectivity index (χ1) is 9.25. The normalized spacial score (nSPS) is 19.8. The number of imidazole rings is 1. The highest BCUT2D eigenvalue weighted by atomic mass is 15.3. The Morgan fingerprint density at radius 3 is 2.95 bits per heavy atom. The summed E-state index contributed by atoms with van der Waals surface area (Å²) in [7, 11) is 1.98. The number of rotatable bonds is 3. The molecule has 1 unspecified atom stereocenters. The molecule has 1 saturated heterocycles. The second kappa shape index (κ2) is 5.17. The van der Waals surface area contributed by atoms with Crippen molar-refractivity contribution in [3.05, 3.63) is 35.7 Å². The molecule has 3 heterocycles. The van der Waals surface area contributed by atoms with Gasteiger partial charge in [-0.2, -0.15) is 5.10 Å². The molecule has 2 aromatic heterocycles. The van der Waals surface area contributed by atoms with Crippen molar-refractivity contribution >= 4 is 0 Å². The first-order valence-corrected chi connectivity index (χ1v) is 6.96. The zero-order valence-corrected chi connectivity index (χ0v) is 11.6. The van der Waals surface area contributed by atoms with Crippen LogP contribution in [0.15, 0.2) is 18.7 Å². The minimum atomic E-state index is 0.452. The monoisotopic (exact) mass is 259 g/mol. The fraction of sp³-hybridized carbons (Fsp3) is 0.571. The molecule has 1 N–H and O–H groups in total. The van der Waals surface area contributed by atoms with Gasteiger partial charge in [-0.1, -0.05) is 6.42 Å². The molecule has 5 nitrogen and oxygen atoms in total. The lowest BCUT2D eigenvalue weighted by Gasteiger charge is -2.24. The summed E-state index contributed by atoms with van der Waals surface area (Å²) in [6.07, 6.45) is 9.67. The molecule has 1 aliphatic rings. The van der Waals surface area contributed by atoms with E-state index in [-0.39, 0.29) is 0 Å². The van der Waals surface area contributed by atoms with Crippen LogP contribution in [0.25, 0.3) is 0 Å². The highest BCUT2D eigenvalue weighted by molar-refractivity contribution is 5.18. The molecule has 0 aliphatic carbocycles. The summed E-state index contributed by atoms with van der Waals surface area (Å²) in [4.78, 5) is 4.33. The zero-order chi connectivity index (χ0) is 13.2. The topological polar surface area (TPSA) is 47.7 Å². The molecule has 0 bridgehead atoms. The van der Waals surface area contributed by atoms with Crippen LogP contribution in [-0.4, -0.2) is 25.9 Å². The number of aryl methyl sites for hydroxylation is 1. The molecule has 102 valence electrons. The minimum Gasteiger partial charge on any atom is -0.329 e. The maximum atomic E-state index is 4.33. The van der Waals surface area contributed by atoms with Gasteiger partial charge in [0.05, 0.1) is 24.8 Å². The summed E-state index contributed by atoms with van der Waals surface area (Å²) in [5, 5.41) is 7.89. The zero-order valence-electron chi connectivity index (χ0n) is 11.6. The number of nitrogens with one attached hydrogen (secondary N) is 1. The third-order valence-electron chi connectivity index (χ3n) is 4.09. The lowest BCUT2D eigenvalue weighted by atomic mass is 10.0. The van der Waals surface area contributed by atoms with E-state index in [0.717, 1.165) is 13.1 Å². The molecule has 3 rings (SSSR count). The van der Waals surface area contributed by atoms with Gasteiger partial charge < -0.3 is 9.88 Å². The Labute approximate surface area is 113 Å². The summed E-state index contributed by atoms with van der Waals surface area (Å²) in [6.45, 7) is 4.08. The van der Waals surface area contributed by atoms with Crippen molar-refractivity contribution in [2.45, 2.75) is 38.8 Å². The van der Waals surface area contributed by atoms with Crippen LogP contribution in [0.5, 0.6) is 0 Å². The van der Waals surface area contributed by atoms with Crippen molar-refractivity contribution in [2.24, 2.45) is 7.05 Å². The molecule has 0 aromatic carbocycles. The van der Waals surface area contributed by atoms with Gasteiger partial charge in [0, 0.05) is 30.5 Å². The Bertz CT molecular complexity index is 548. The van der Waals surface area contributed by atoms with Gasteiger partial charge in [-0.15, -0.1) is 0 Å². The van der Waals surface area contributed by atoms with Gasteiger partial charge in [-0.25, -0.2) is 4.98 Å². The van der Waals surface area contributed by atoms with E-state index in [1.54, 1.807) is 0 Å². The molecule has 0 amide bonds. The van der Waals surface area contributed by atoms with E-state index in [1.165, 1.54) is 36.2 Å². The predicted molar refractivity (Wildman–Crippen MR) is 73.9 cm³/mol. The second-order valence-corrected chi connectivity index (χ2v) is 5.33. The van der Waals surface area contributed by atoms with Gasteiger partial charge in [-0.05, 0) is 26.3 Å². The van der Waals surface area contributed by atoms with Crippen LogP contribution in [0.3, 0.4) is 0 Å². The maximum absolute atomic E-state index is 4.33. The maximum Gasteiger partial charge on any atom is 0.0951 e. The average molecular weight is 259 g/mol. The van der Waals surface area contributed by atoms with E-state index in [2.05, 4.69) is 26.9 Å². The van der Waals surface area contributed by atoms with E-state index in [0.29, 0.717) is 6.04 Å². The molecule has 1 atom stereocenters. The van der Waals surface area contributed by atoms with Crippen LogP contribution < -0.4 is 5.32 Å². The molecule has 5 heteroatoms. The van der Waals surface area contributed by atoms with Gasteiger partial charge in [0.15, 0.2) is 0 Å². The van der Waals surface area contributed by atoms with Gasteiger partial charge in [0.1, 0.15) is 0 Å². The highest BCUT2D eigenvalue weighted by Crippen LogP contribution is 2.23. The van der Waals surface area contributed by atoms with Crippen LogP contribution in [-0.2, 0) is 13.6 Å². The molecule has 1 aliphatic heterocycles. The lowest BCUT2D eigenvalue weighted by molar-refractivity contribution is 0.395. The summed E-state index contributed by atoms with van der Waals surface area (Å²) in [5.74, 6) is 0. The summed E-state index contributed by atoms with van der Waals surface area (Å²) in [6, 6.07) is 0.452. The number of hydrogen-bond donors (Lipinski definition) is 1. The molecule has 0 radical (unpaired) electrons. The van der Waals surface area contributed by atoms with Gasteiger partial charge in [0.2, 0.25) is 0 Å². The molecular weight excluding hydrogens is 238 g/mol. The van der Waals surface area contributed by atoms with E-state index >= 15 is 0 Å². The molecule has 2 aromatic rings. The van der Waals surface area contributed by atoms with Gasteiger partial charge >= 0.3 is 0 Å². The SMILES string of the molecule is Cc1c(Cn2cncc2C2CCCCN2)cnn1C. The minimum absolute atomic E-state index is 0.452. The van der Waals surface area contributed by atoms with Gasteiger partial charge in [-0.3, -0.25) is 4.68 Å². The Balaban J connectivity index is 1.82. The molecule has 0 spiro atoms. The number of hydrogen-bond acceptors (Lipinski definition) is 3. The summed E-state index contributed by atoms with van der Waals surface area (Å²) in [5.41, 5.74) is 3.77. The molecular formula is C14H21N5. The first-order valence-electron chi connectivity index (χ1n) is 6.96. The third kappa shape index (κ3) is 2.42. The fourth-order valence-corrected chi connectivity index (χ4v) is 2.74. The highest BCUT2D eigenvalue weighted by Gasteiger charge is 2.18. The van der Waals surface area contributed by atoms with Crippen molar-refractivity contribution in [3.63, 3.8) is 0 Å². The Kier molecular flexibility index (Phi) is 3.38. The largest absolute Gasteiger partial charge is 0.329 e. The van der Waals surface area contributed by atoms with Crippen LogP contribution in [0, 0.1) is 6.92 Å².